The molecule has 0 fully saturated rings. The molecule has 0 aromatic carbocycles. The van der Waals surface area contributed by atoms with Gasteiger partial charge in [0.25, 0.3) is 0 Å². The van der Waals surface area contributed by atoms with Crippen molar-refractivity contribution in [2.75, 3.05) is 59.2 Å². The van der Waals surface area contributed by atoms with Crippen molar-refractivity contribution in [2.45, 2.75) is 32.2 Å². The van der Waals surface area contributed by atoms with Gasteiger partial charge in [0, 0.05) is 52.4 Å². The van der Waals surface area contributed by atoms with Crippen LogP contribution < -0.4 is 27.4 Å². The fraction of sp³-hybridized carbons (Fsp3) is 0.875. The SMILES string of the molecule is CCOCCOCCCNC(=O)C(N)CCC(=O)NCCNCCN. The maximum atomic E-state index is 11.8. The fourth-order valence-electron chi connectivity index (χ4n) is 1.90. The molecule has 0 heterocycles. The average Bonchev–Trinajstić information content (AvgIpc) is 2.61. The highest BCUT2D eigenvalue weighted by Gasteiger charge is 2.14. The fourth-order valence-corrected chi connectivity index (χ4v) is 1.90. The van der Waals surface area contributed by atoms with Crippen LogP contribution in [-0.4, -0.2) is 77.0 Å². The van der Waals surface area contributed by atoms with Crippen LogP contribution in [0.2, 0.25) is 0 Å². The van der Waals surface area contributed by atoms with E-state index in [2.05, 4.69) is 16.0 Å². The van der Waals surface area contributed by atoms with Gasteiger partial charge >= 0.3 is 0 Å². The molecular weight excluding hydrogens is 326 g/mol. The summed E-state index contributed by atoms with van der Waals surface area (Å²) in [6.07, 6.45) is 1.26. The number of carbonyl (C=O) groups excluding carboxylic acids is 2. The van der Waals surface area contributed by atoms with Crippen molar-refractivity contribution in [3.63, 3.8) is 0 Å². The Morgan fingerprint density at radius 1 is 1.00 bits per heavy atom. The molecule has 0 spiro atoms. The lowest BCUT2D eigenvalue weighted by molar-refractivity contribution is -0.123. The number of ether oxygens (including phenoxy) is 2. The minimum atomic E-state index is -0.681. The minimum Gasteiger partial charge on any atom is -0.379 e. The first kappa shape index (κ1) is 23.7. The molecule has 9 nitrogen and oxygen atoms in total. The second kappa shape index (κ2) is 17.6. The molecule has 0 saturated carbocycles. The van der Waals surface area contributed by atoms with Gasteiger partial charge in [-0.2, -0.15) is 0 Å². The Morgan fingerprint density at radius 3 is 2.48 bits per heavy atom. The summed E-state index contributed by atoms with van der Waals surface area (Å²) in [5, 5.41) is 8.58. The molecule has 0 bridgehead atoms. The van der Waals surface area contributed by atoms with Gasteiger partial charge in [-0.1, -0.05) is 0 Å². The monoisotopic (exact) mass is 361 g/mol. The van der Waals surface area contributed by atoms with Crippen molar-refractivity contribution in [3.8, 4) is 0 Å². The van der Waals surface area contributed by atoms with Crippen LogP contribution in [0, 0.1) is 0 Å². The number of hydrogen-bond donors (Lipinski definition) is 5. The summed E-state index contributed by atoms with van der Waals surface area (Å²) in [5.41, 5.74) is 11.1. The number of rotatable bonds is 17. The molecule has 25 heavy (non-hydrogen) atoms. The van der Waals surface area contributed by atoms with E-state index < -0.39 is 6.04 Å². The molecule has 7 N–H and O–H groups in total. The summed E-state index contributed by atoms with van der Waals surface area (Å²) in [4.78, 5) is 23.4. The molecule has 0 aromatic rings. The van der Waals surface area contributed by atoms with Crippen LogP contribution in [0.5, 0.6) is 0 Å². The van der Waals surface area contributed by atoms with Crippen molar-refractivity contribution in [1.29, 1.82) is 0 Å². The van der Waals surface area contributed by atoms with Gasteiger partial charge in [0.1, 0.15) is 0 Å². The molecule has 2 amide bonds. The van der Waals surface area contributed by atoms with Crippen LogP contribution in [0.25, 0.3) is 0 Å². The van der Waals surface area contributed by atoms with E-state index in [1.807, 2.05) is 6.92 Å². The summed E-state index contributed by atoms with van der Waals surface area (Å²) < 4.78 is 10.5. The van der Waals surface area contributed by atoms with Gasteiger partial charge in [-0.15, -0.1) is 0 Å². The Hall–Kier alpha value is -1.26. The molecule has 0 aliphatic heterocycles. The topological polar surface area (TPSA) is 141 Å². The van der Waals surface area contributed by atoms with Crippen LogP contribution in [0.4, 0.5) is 0 Å². The van der Waals surface area contributed by atoms with Crippen molar-refractivity contribution in [2.24, 2.45) is 11.5 Å². The third kappa shape index (κ3) is 16.0. The number of amides is 2. The second-order valence-corrected chi connectivity index (χ2v) is 5.49. The van der Waals surface area contributed by atoms with E-state index in [-0.39, 0.29) is 18.2 Å². The zero-order valence-corrected chi connectivity index (χ0v) is 15.4. The van der Waals surface area contributed by atoms with Gasteiger partial charge in [0.05, 0.1) is 19.3 Å². The molecule has 9 heteroatoms. The lowest BCUT2D eigenvalue weighted by atomic mass is 10.1. The number of carbonyl (C=O) groups is 2. The smallest absolute Gasteiger partial charge is 0.236 e. The first-order chi connectivity index (χ1) is 12.1. The van der Waals surface area contributed by atoms with E-state index in [1.165, 1.54) is 0 Å². The van der Waals surface area contributed by atoms with E-state index in [9.17, 15) is 9.59 Å². The first-order valence-corrected chi connectivity index (χ1v) is 8.98. The van der Waals surface area contributed by atoms with E-state index in [1.54, 1.807) is 0 Å². The molecule has 0 aromatic heterocycles. The van der Waals surface area contributed by atoms with Crippen LogP contribution in [0.1, 0.15) is 26.2 Å². The molecule has 1 unspecified atom stereocenters. The largest absolute Gasteiger partial charge is 0.379 e. The molecule has 0 radical (unpaired) electrons. The Balaban J connectivity index is 3.53. The zero-order chi connectivity index (χ0) is 18.8. The Morgan fingerprint density at radius 2 is 1.76 bits per heavy atom. The van der Waals surface area contributed by atoms with Gasteiger partial charge in [0.2, 0.25) is 11.8 Å². The highest BCUT2D eigenvalue weighted by Crippen LogP contribution is 1.95. The summed E-state index contributed by atoms with van der Waals surface area (Å²) >= 11 is 0. The first-order valence-electron chi connectivity index (χ1n) is 8.98. The minimum absolute atomic E-state index is 0.111. The lowest BCUT2D eigenvalue weighted by Crippen LogP contribution is -2.42. The average molecular weight is 361 g/mol. The van der Waals surface area contributed by atoms with Crippen molar-refractivity contribution in [1.82, 2.24) is 16.0 Å². The van der Waals surface area contributed by atoms with Gasteiger partial charge in [-0.25, -0.2) is 0 Å². The maximum Gasteiger partial charge on any atom is 0.236 e. The van der Waals surface area contributed by atoms with Crippen molar-refractivity contribution < 1.29 is 19.1 Å². The third-order valence-corrected chi connectivity index (χ3v) is 3.31. The highest BCUT2D eigenvalue weighted by atomic mass is 16.5. The predicted molar refractivity (Wildman–Crippen MR) is 97.1 cm³/mol. The van der Waals surface area contributed by atoms with Crippen LogP contribution in [-0.2, 0) is 19.1 Å². The van der Waals surface area contributed by atoms with Crippen LogP contribution in [0.15, 0.2) is 0 Å². The normalized spacial score (nSPS) is 12.0. The number of nitrogens with two attached hydrogens (primary N) is 2. The summed E-state index contributed by atoms with van der Waals surface area (Å²) in [5.74, 6) is -0.354. The lowest BCUT2D eigenvalue weighted by Gasteiger charge is -2.12. The van der Waals surface area contributed by atoms with E-state index in [0.717, 1.165) is 6.54 Å². The molecule has 0 saturated heterocycles. The molecule has 0 aliphatic carbocycles. The zero-order valence-electron chi connectivity index (χ0n) is 15.4. The van der Waals surface area contributed by atoms with Crippen LogP contribution >= 0.6 is 0 Å². The Kier molecular flexibility index (Phi) is 16.7. The van der Waals surface area contributed by atoms with E-state index >= 15 is 0 Å². The highest BCUT2D eigenvalue weighted by molar-refractivity contribution is 5.82. The van der Waals surface area contributed by atoms with E-state index in [4.69, 9.17) is 20.9 Å². The number of nitrogens with one attached hydrogen (secondary N) is 3. The molecule has 0 aliphatic rings. The molecule has 148 valence electrons. The number of hydrogen-bond acceptors (Lipinski definition) is 7. The van der Waals surface area contributed by atoms with Gasteiger partial charge in [-0.3, -0.25) is 9.59 Å². The van der Waals surface area contributed by atoms with Gasteiger partial charge < -0.3 is 36.9 Å². The van der Waals surface area contributed by atoms with Crippen molar-refractivity contribution in [3.05, 3.63) is 0 Å². The van der Waals surface area contributed by atoms with Crippen LogP contribution in [0.3, 0.4) is 0 Å². The molecule has 0 rings (SSSR count). The second-order valence-electron chi connectivity index (χ2n) is 5.49. The quantitative estimate of drug-likeness (QED) is 0.195. The predicted octanol–water partition coefficient (Wildman–Crippen LogP) is -1.68. The van der Waals surface area contributed by atoms with Crippen molar-refractivity contribution >= 4 is 11.8 Å². The Bertz CT molecular complexity index is 344. The standard InChI is InChI=1S/C16H35N5O4/c1-2-24-12-13-25-11-3-7-21-16(23)14(18)4-5-15(22)20-10-9-19-8-6-17/h14,19H,2-13,17-18H2,1H3,(H,20,22)(H,21,23). The van der Waals surface area contributed by atoms with Gasteiger partial charge in [0.15, 0.2) is 0 Å². The Labute approximate surface area is 150 Å². The summed E-state index contributed by atoms with van der Waals surface area (Å²) in [6.45, 7) is 7.30. The third-order valence-electron chi connectivity index (χ3n) is 3.31. The molecule has 1 atom stereocenters. The summed E-state index contributed by atoms with van der Waals surface area (Å²) in [6, 6.07) is -0.681. The van der Waals surface area contributed by atoms with Gasteiger partial charge in [-0.05, 0) is 19.8 Å². The maximum absolute atomic E-state index is 11.8. The molecular formula is C16H35N5O4. The summed E-state index contributed by atoms with van der Waals surface area (Å²) in [7, 11) is 0. The van der Waals surface area contributed by atoms with E-state index in [0.29, 0.717) is 65.4 Å².